The summed E-state index contributed by atoms with van der Waals surface area (Å²) in [6.45, 7) is 4.67. The van der Waals surface area contributed by atoms with E-state index in [9.17, 15) is 14.7 Å². The van der Waals surface area contributed by atoms with Crippen LogP contribution in [0, 0.1) is 0 Å². The van der Waals surface area contributed by atoms with E-state index in [0.29, 0.717) is 13.1 Å². The van der Waals surface area contributed by atoms with Gasteiger partial charge in [-0.05, 0) is 26.0 Å². The van der Waals surface area contributed by atoms with E-state index < -0.39 is 11.5 Å². The molecule has 2 rings (SSSR count). The van der Waals surface area contributed by atoms with Gasteiger partial charge in [0.05, 0.1) is 5.39 Å². The second-order valence-electron chi connectivity index (χ2n) is 4.05. The maximum Gasteiger partial charge on any atom is 0.275 e. The second-order valence-corrected chi connectivity index (χ2v) is 4.05. The highest BCUT2D eigenvalue weighted by Gasteiger charge is 2.20. The number of amides is 1. The highest BCUT2D eigenvalue weighted by Crippen LogP contribution is 2.24. The Morgan fingerprint density at radius 2 is 2.11 bits per heavy atom. The van der Waals surface area contributed by atoms with Gasteiger partial charge in [-0.1, -0.05) is 0 Å². The molecule has 0 aromatic carbocycles. The minimum Gasteiger partial charge on any atom is -0.505 e. The number of nitrogens with zero attached hydrogens (tertiary/aromatic N) is 2. The van der Waals surface area contributed by atoms with Crippen molar-refractivity contribution in [1.82, 2.24) is 14.9 Å². The number of aromatic hydroxyl groups is 1. The van der Waals surface area contributed by atoms with Crippen LogP contribution < -0.4 is 5.56 Å². The molecule has 2 N–H and O–H groups in total. The van der Waals surface area contributed by atoms with Crippen LogP contribution in [0.1, 0.15) is 24.3 Å². The average molecular weight is 261 g/mol. The SMILES string of the molecule is CCN(CC)C(=O)c1[nH]c(=O)c2ncccc2c1O. The first kappa shape index (κ1) is 13.1. The molecular formula is C13H15N3O3. The van der Waals surface area contributed by atoms with Gasteiger partial charge in [0.15, 0.2) is 11.4 Å². The Kier molecular flexibility index (Phi) is 3.50. The maximum absolute atomic E-state index is 12.2. The van der Waals surface area contributed by atoms with Crippen LogP contribution in [-0.4, -0.2) is 39.0 Å². The fourth-order valence-electron chi connectivity index (χ4n) is 1.97. The summed E-state index contributed by atoms with van der Waals surface area (Å²) in [5.41, 5.74) is -0.450. The standard InChI is InChI=1S/C13H15N3O3/c1-3-16(4-2)13(19)10-11(17)8-6-5-7-14-9(8)12(18)15-10/h5-7,17H,3-4H2,1-2H3,(H,15,18). The molecule has 1 amide bonds. The van der Waals surface area contributed by atoms with E-state index in [2.05, 4.69) is 9.97 Å². The van der Waals surface area contributed by atoms with Gasteiger partial charge in [-0.3, -0.25) is 14.6 Å². The number of aromatic amines is 1. The quantitative estimate of drug-likeness (QED) is 0.866. The van der Waals surface area contributed by atoms with Crippen LogP contribution in [0.3, 0.4) is 0 Å². The molecule has 0 aliphatic heterocycles. The fraction of sp³-hybridized carbons (Fsp3) is 0.308. The maximum atomic E-state index is 12.2. The summed E-state index contributed by atoms with van der Waals surface area (Å²) >= 11 is 0. The molecule has 100 valence electrons. The Morgan fingerprint density at radius 1 is 1.42 bits per heavy atom. The molecule has 2 aromatic rings. The number of pyridine rings is 2. The zero-order valence-electron chi connectivity index (χ0n) is 10.8. The molecule has 0 saturated carbocycles. The summed E-state index contributed by atoms with van der Waals surface area (Å²) in [7, 11) is 0. The van der Waals surface area contributed by atoms with Gasteiger partial charge in [-0.25, -0.2) is 0 Å². The lowest BCUT2D eigenvalue weighted by Crippen LogP contribution is -2.32. The molecule has 2 heterocycles. The number of carbonyl (C=O) groups excluding carboxylic acids is 1. The van der Waals surface area contributed by atoms with Gasteiger partial charge in [0.1, 0.15) is 5.52 Å². The van der Waals surface area contributed by atoms with E-state index in [1.165, 1.54) is 11.1 Å². The number of hydrogen-bond donors (Lipinski definition) is 2. The highest BCUT2D eigenvalue weighted by atomic mass is 16.3. The molecule has 6 nitrogen and oxygen atoms in total. The van der Waals surface area contributed by atoms with Gasteiger partial charge in [0, 0.05) is 19.3 Å². The van der Waals surface area contributed by atoms with Crippen molar-refractivity contribution in [3.63, 3.8) is 0 Å². The third-order valence-corrected chi connectivity index (χ3v) is 3.02. The number of H-pyrrole nitrogens is 1. The van der Waals surface area contributed by atoms with Gasteiger partial charge >= 0.3 is 0 Å². The monoisotopic (exact) mass is 261 g/mol. The van der Waals surface area contributed by atoms with Gasteiger partial charge in [0.2, 0.25) is 0 Å². The van der Waals surface area contributed by atoms with Gasteiger partial charge in [-0.2, -0.15) is 0 Å². The number of carbonyl (C=O) groups is 1. The van der Waals surface area contributed by atoms with E-state index in [1.54, 1.807) is 12.1 Å². The first-order valence-electron chi connectivity index (χ1n) is 6.09. The number of hydrogen-bond acceptors (Lipinski definition) is 4. The van der Waals surface area contributed by atoms with Crippen LogP contribution in [0.5, 0.6) is 5.75 Å². The van der Waals surface area contributed by atoms with Crippen molar-refractivity contribution in [1.29, 1.82) is 0 Å². The number of nitrogens with one attached hydrogen (secondary N) is 1. The summed E-state index contributed by atoms with van der Waals surface area (Å²) in [6.07, 6.45) is 1.46. The lowest BCUT2D eigenvalue weighted by molar-refractivity contribution is 0.0764. The molecule has 0 saturated heterocycles. The second kappa shape index (κ2) is 5.09. The van der Waals surface area contributed by atoms with E-state index in [-0.39, 0.29) is 22.3 Å². The van der Waals surface area contributed by atoms with Gasteiger partial charge in [-0.15, -0.1) is 0 Å². The summed E-state index contributed by atoms with van der Waals surface area (Å²) in [5, 5.41) is 10.4. The molecule has 0 spiro atoms. The molecule has 6 heteroatoms. The molecular weight excluding hydrogens is 246 g/mol. The number of aromatic nitrogens is 2. The Labute approximate surface area is 109 Å². The highest BCUT2D eigenvalue weighted by molar-refractivity contribution is 6.00. The molecule has 0 bridgehead atoms. The molecule has 0 fully saturated rings. The zero-order valence-corrected chi connectivity index (χ0v) is 10.8. The molecule has 0 aliphatic carbocycles. The molecule has 0 radical (unpaired) electrons. The lowest BCUT2D eigenvalue weighted by atomic mass is 10.2. The van der Waals surface area contributed by atoms with Crippen molar-refractivity contribution < 1.29 is 9.90 Å². The van der Waals surface area contributed by atoms with Crippen LogP contribution in [0.4, 0.5) is 0 Å². The summed E-state index contributed by atoms with van der Waals surface area (Å²) in [6, 6.07) is 3.17. The van der Waals surface area contributed by atoms with Crippen LogP contribution in [0.2, 0.25) is 0 Å². The van der Waals surface area contributed by atoms with Crippen molar-refractivity contribution in [3.05, 3.63) is 34.4 Å². The van der Waals surface area contributed by atoms with E-state index in [0.717, 1.165) is 0 Å². The summed E-state index contributed by atoms with van der Waals surface area (Å²) < 4.78 is 0. The van der Waals surface area contributed by atoms with Crippen LogP contribution in [-0.2, 0) is 0 Å². The Morgan fingerprint density at radius 3 is 2.74 bits per heavy atom. The number of rotatable bonds is 3. The Balaban J connectivity index is 2.66. The predicted octanol–water partition coefficient (Wildman–Crippen LogP) is 1.11. The minimum atomic E-state index is -0.482. The molecule has 0 atom stereocenters. The number of fused-ring (bicyclic) bond motifs is 1. The third-order valence-electron chi connectivity index (χ3n) is 3.02. The summed E-state index contributed by atoms with van der Waals surface area (Å²) in [4.78, 5) is 31.9. The lowest BCUT2D eigenvalue weighted by Gasteiger charge is -2.19. The van der Waals surface area contributed by atoms with E-state index in [1.807, 2.05) is 13.8 Å². The van der Waals surface area contributed by atoms with Crippen LogP contribution in [0.15, 0.2) is 23.1 Å². The smallest absolute Gasteiger partial charge is 0.275 e. The van der Waals surface area contributed by atoms with Crippen LogP contribution >= 0.6 is 0 Å². The predicted molar refractivity (Wildman–Crippen MR) is 71.3 cm³/mol. The normalized spacial score (nSPS) is 10.6. The zero-order chi connectivity index (χ0) is 14.0. The Bertz CT molecular complexity index is 674. The third kappa shape index (κ3) is 2.16. The van der Waals surface area contributed by atoms with Gasteiger partial charge < -0.3 is 15.0 Å². The van der Waals surface area contributed by atoms with Crippen LogP contribution in [0.25, 0.3) is 10.9 Å². The molecule has 19 heavy (non-hydrogen) atoms. The summed E-state index contributed by atoms with van der Waals surface area (Å²) in [5.74, 6) is -0.634. The largest absolute Gasteiger partial charge is 0.505 e. The van der Waals surface area contributed by atoms with Crippen molar-refractivity contribution in [2.45, 2.75) is 13.8 Å². The van der Waals surface area contributed by atoms with Crippen molar-refractivity contribution in [2.75, 3.05) is 13.1 Å². The topological polar surface area (TPSA) is 86.3 Å². The molecule has 0 aliphatic rings. The first-order valence-corrected chi connectivity index (χ1v) is 6.09. The van der Waals surface area contributed by atoms with E-state index >= 15 is 0 Å². The van der Waals surface area contributed by atoms with Gasteiger partial charge in [0.25, 0.3) is 11.5 Å². The molecule has 0 unspecified atom stereocenters. The van der Waals surface area contributed by atoms with Crippen molar-refractivity contribution >= 4 is 16.8 Å². The minimum absolute atomic E-state index is 0.0887. The molecule has 2 aromatic heterocycles. The fourth-order valence-corrected chi connectivity index (χ4v) is 1.97. The Hall–Kier alpha value is -2.37. The van der Waals surface area contributed by atoms with Crippen molar-refractivity contribution in [3.8, 4) is 5.75 Å². The average Bonchev–Trinajstić information content (AvgIpc) is 2.44. The van der Waals surface area contributed by atoms with Crippen molar-refractivity contribution in [2.24, 2.45) is 0 Å². The van der Waals surface area contributed by atoms with E-state index in [4.69, 9.17) is 0 Å². The first-order chi connectivity index (χ1) is 9.10.